The third-order valence-electron chi connectivity index (χ3n) is 3.13. The molecule has 6 nitrogen and oxygen atoms in total. The molecule has 2 rings (SSSR count). The second kappa shape index (κ2) is 4.66. The normalized spacial score (nSPS) is 23.5. The van der Waals surface area contributed by atoms with Gasteiger partial charge < -0.3 is 10.6 Å². The third-order valence-corrected chi connectivity index (χ3v) is 3.63. The van der Waals surface area contributed by atoms with Gasteiger partial charge in [0.1, 0.15) is 0 Å². The molecule has 0 aliphatic carbocycles. The molecule has 1 saturated heterocycles. The lowest BCUT2D eigenvalue weighted by Gasteiger charge is -2.23. The van der Waals surface area contributed by atoms with Gasteiger partial charge in [0, 0.05) is 30.0 Å². The fourth-order valence-corrected chi connectivity index (χ4v) is 2.61. The molecule has 1 aromatic carbocycles. The minimum atomic E-state index is -0.455. The Balaban J connectivity index is 2.51. The molecule has 0 bridgehead atoms. The van der Waals surface area contributed by atoms with E-state index in [1.807, 2.05) is 0 Å². The highest BCUT2D eigenvalue weighted by Crippen LogP contribution is 2.37. The Bertz CT molecular complexity index is 520. The monoisotopic (exact) mass is 313 g/mol. The molecule has 18 heavy (non-hydrogen) atoms. The van der Waals surface area contributed by atoms with Crippen molar-refractivity contribution in [2.75, 3.05) is 7.05 Å². The van der Waals surface area contributed by atoms with E-state index >= 15 is 0 Å². The van der Waals surface area contributed by atoms with Crippen molar-refractivity contribution in [2.45, 2.75) is 18.5 Å². The number of likely N-dealkylation sites (tertiary alicyclic amines) is 1. The number of halogens is 1. The zero-order valence-electron chi connectivity index (χ0n) is 9.67. The number of nitro benzene ring substituents is 1. The van der Waals surface area contributed by atoms with Crippen LogP contribution in [0.15, 0.2) is 22.7 Å². The van der Waals surface area contributed by atoms with Crippen LogP contribution < -0.4 is 5.73 Å². The molecule has 2 N–H and O–H groups in total. The molecule has 2 atom stereocenters. The maximum Gasteiger partial charge on any atom is 0.275 e. The van der Waals surface area contributed by atoms with Crippen molar-refractivity contribution in [3.63, 3.8) is 0 Å². The first-order valence-electron chi connectivity index (χ1n) is 5.37. The minimum Gasteiger partial charge on any atom is -0.337 e. The lowest BCUT2D eigenvalue weighted by atomic mass is 9.99. The van der Waals surface area contributed by atoms with Gasteiger partial charge >= 0.3 is 0 Å². The van der Waals surface area contributed by atoms with Gasteiger partial charge in [0.2, 0.25) is 5.91 Å². The van der Waals surface area contributed by atoms with E-state index in [-0.39, 0.29) is 18.0 Å². The van der Waals surface area contributed by atoms with Crippen LogP contribution >= 0.6 is 15.9 Å². The molecule has 1 heterocycles. The quantitative estimate of drug-likeness (QED) is 0.663. The molecule has 1 aliphatic rings. The lowest BCUT2D eigenvalue weighted by molar-refractivity contribution is -0.386. The molecule has 1 aliphatic heterocycles. The summed E-state index contributed by atoms with van der Waals surface area (Å²) in [5, 5.41) is 11.1. The fourth-order valence-electron chi connectivity index (χ4n) is 2.26. The zero-order chi connectivity index (χ0) is 13.4. The van der Waals surface area contributed by atoms with Crippen LogP contribution in [0, 0.1) is 10.1 Å². The number of nitrogens with zero attached hydrogens (tertiary/aromatic N) is 2. The summed E-state index contributed by atoms with van der Waals surface area (Å²) in [6, 6.07) is 3.93. The van der Waals surface area contributed by atoms with Crippen LogP contribution in [-0.2, 0) is 4.79 Å². The molecule has 1 amide bonds. The molecule has 0 spiro atoms. The van der Waals surface area contributed by atoms with Gasteiger partial charge in [0.05, 0.1) is 16.5 Å². The molecule has 96 valence electrons. The molecule has 7 heteroatoms. The number of likely N-dealkylation sites (N-methyl/N-ethyl adjacent to an activating group) is 1. The Hall–Kier alpha value is -1.47. The van der Waals surface area contributed by atoms with E-state index in [1.54, 1.807) is 19.2 Å². The van der Waals surface area contributed by atoms with Crippen LogP contribution in [0.2, 0.25) is 0 Å². The summed E-state index contributed by atoms with van der Waals surface area (Å²) >= 11 is 3.20. The highest BCUT2D eigenvalue weighted by molar-refractivity contribution is 9.10. The van der Waals surface area contributed by atoms with Gasteiger partial charge in [-0.15, -0.1) is 0 Å². The molecular weight excluding hydrogens is 302 g/mol. The number of carbonyl (C=O) groups is 1. The summed E-state index contributed by atoms with van der Waals surface area (Å²) in [4.78, 5) is 23.7. The van der Waals surface area contributed by atoms with Crippen LogP contribution in [0.5, 0.6) is 0 Å². The van der Waals surface area contributed by atoms with Crippen molar-refractivity contribution in [1.29, 1.82) is 0 Å². The number of nitrogens with two attached hydrogens (primary N) is 1. The predicted molar refractivity (Wildman–Crippen MR) is 68.9 cm³/mol. The average molecular weight is 314 g/mol. The van der Waals surface area contributed by atoms with Gasteiger partial charge in [0.15, 0.2) is 0 Å². The molecular formula is C11H12BrN3O3. The van der Waals surface area contributed by atoms with Gasteiger partial charge in [-0.3, -0.25) is 14.9 Å². The van der Waals surface area contributed by atoms with E-state index < -0.39 is 17.0 Å². The van der Waals surface area contributed by atoms with Crippen molar-refractivity contribution in [1.82, 2.24) is 4.90 Å². The first kappa shape index (κ1) is 13.0. The van der Waals surface area contributed by atoms with Crippen molar-refractivity contribution in [3.05, 3.63) is 38.3 Å². The maximum atomic E-state index is 11.6. The number of amides is 1. The van der Waals surface area contributed by atoms with Gasteiger partial charge in [-0.05, 0) is 12.1 Å². The van der Waals surface area contributed by atoms with Gasteiger partial charge in [-0.1, -0.05) is 15.9 Å². The smallest absolute Gasteiger partial charge is 0.275 e. The number of benzene rings is 1. The summed E-state index contributed by atoms with van der Waals surface area (Å²) in [6.07, 6.45) is 0.217. The number of hydrogen-bond acceptors (Lipinski definition) is 4. The van der Waals surface area contributed by atoms with E-state index in [9.17, 15) is 14.9 Å². The van der Waals surface area contributed by atoms with Crippen LogP contribution in [0.3, 0.4) is 0 Å². The minimum absolute atomic E-state index is 0.0219. The van der Waals surface area contributed by atoms with E-state index in [0.29, 0.717) is 10.0 Å². The molecule has 0 saturated carbocycles. The zero-order valence-corrected chi connectivity index (χ0v) is 11.3. The second-order valence-electron chi connectivity index (χ2n) is 4.28. The van der Waals surface area contributed by atoms with E-state index in [2.05, 4.69) is 15.9 Å². The van der Waals surface area contributed by atoms with Crippen LogP contribution in [0.25, 0.3) is 0 Å². The first-order chi connectivity index (χ1) is 8.41. The summed E-state index contributed by atoms with van der Waals surface area (Å²) in [6.45, 7) is 0. The highest BCUT2D eigenvalue weighted by atomic mass is 79.9. The summed E-state index contributed by atoms with van der Waals surface area (Å²) < 4.78 is 0.624. The Labute approximate surface area is 112 Å². The molecule has 1 fully saturated rings. The first-order valence-corrected chi connectivity index (χ1v) is 6.16. The van der Waals surface area contributed by atoms with Crippen molar-refractivity contribution in [3.8, 4) is 0 Å². The predicted octanol–water partition coefficient (Wildman–Crippen LogP) is 1.59. The van der Waals surface area contributed by atoms with Crippen molar-refractivity contribution < 1.29 is 9.72 Å². The Morgan fingerprint density at radius 1 is 1.56 bits per heavy atom. The molecule has 2 unspecified atom stereocenters. The lowest BCUT2D eigenvalue weighted by Crippen LogP contribution is -2.30. The summed E-state index contributed by atoms with van der Waals surface area (Å²) in [5.74, 6) is -0.0929. The molecule has 1 aromatic rings. The van der Waals surface area contributed by atoms with Crippen molar-refractivity contribution >= 4 is 27.5 Å². The van der Waals surface area contributed by atoms with Gasteiger partial charge in [0.25, 0.3) is 5.69 Å². The SMILES string of the molecule is CN1C(=O)CC(N)C1c1ccc(Br)cc1[N+](=O)[O-]. The van der Waals surface area contributed by atoms with Crippen LogP contribution in [0.4, 0.5) is 5.69 Å². The van der Waals surface area contributed by atoms with Crippen LogP contribution in [0.1, 0.15) is 18.0 Å². The molecule has 0 aromatic heterocycles. The Kier molecular flexibility index (Phi) is 3.36. The average Bonchev–Trinajstić information content (AvgIpc) is 2.54. The maximum absolute atomic E-state index is 11.6. The summed E-state index contributed by atoms with van der Waals surface area (Å²) in [7, 11) is 1.62. The highest BCUT2D eigenvalue weighted by Gasteiger charge is 2.39. The van der Waals surface area contributed by atoms with Crippen LogP contribution in [-0.4, -0.2) is 28.8 Å². The summed E-state index contributed by atoms with van der Waals surface area (Å²) in [5.41, 5.74) is 6.36. The van der Waals surface area contributed by atoms with E-state index in [1.165, 1.54) is 11.0 Å². The Morgan fingerprint density at radius 3 is 2.72 bits per heavy atom. The second-order valence-corrected chi connectivity index (χ2v) is 5.19. The standard InChI is InChI=1S/C11H12BrN3O3/c1-14-10(16)5-8(13)11(14)7-3-2-6(12)4-9(7)15(17)18/h2-4,8,11H,5,13H2,1H3. The van der Waals surface area contributed by atoms with Crippen molar-refractivity contribution in [2.24, 2.45) is 5.73 Å². The van der Waals surface area contributed by atoms with E-state index in [4.69, 9.17) is 5.73 Å². The van der Waals surface area contributed by atoms with E-state index in [0.717, 1.165) is 0 Å². The molecule has 0 radical (unpaired) electrons. The topological polar surface area (TPSA) is 89.5 Å². The number of carbonyl (C=O) groups excluding carboxylic acids is 1. The fraction of sp³-hybridized carbons (Fsp3) is 0.364. The number of nitro groups is 1. The van der Waals surface area contributed by atoms with Gasteiger partial charge in [-0.25, -0.2) is 0 Å². The number of rotatable bonds is 2. The number of hydrogen-bond donors (Lipinski definition) is 1. The third kappa shape index (κ3) is 2.11. The largest absolute Gasteiger partial charge is 0.337 e. The Morgan fingerprint density at radius 2 is 2.22 bits per heavy atom. The van der Waals surface area contributed by atoms with Gasteiger partial charge in [-0.2, -0.15) is 0 Å².